The van der Waals surface area contributed by atoms with Crippen LogP contribution in [0, 0.1) is 0 Å². The van der Waals surface area contributed by atoms with Crippen molar-refractivity contribution < 1.29 is 14.5 Å². The van der Waals surface area contributed by atoms with E-state index in [-0.39, 0.29) is 11.8 Å². The Labute approximate surface area is 165 Å². The molecule has 0 bridgehead atoms. The first-order chi connectivity index (χ1) is 13.7. The van der Waals surface area contributed by atoms with Gasteiger partial charge in [-0.05, 0) is 17.7 Å². The number of carbonyl (C=O) groups excluding carboxylic acids is 2. The Morgan fingerprint density at radius 2 is 1.54 bits per heavy atom. The van der Waals surface area contributed by atoms with E-state index < -0.39 is 0 Å². The summed E-state index contributed by atoms with van der Waals surface area (Å²) in [6.45, 7) is 4.00. The molecule has 6 heteroatoms. The monoisotopic (exact) mass is 377 g/mol. The van der Waals surface area contributed by atoms with Crippen molar-refractivity contribution in [2.45, 2.75) is 6.42 Å². The van der Waals surface area contributed by atoms with E-state index in [2.05, 4.69) is 5.10 Å². The second-order valence-electron chi connectivity index (χ2n) is 7.26. The summed E-state index contributed by atoms with van der Waals surface area (Å²) in [7, 11) is 0. The van der Waals surface area contributed by atoms with Crippen LogP contribution in [-0.2, 0) is 4.79 Å². The van der Waals surface area contributed by atoms with E-state index in [4.69, 9.17) is 0 Å². The minimum atomic E-state index is 0.0590. The van der Waals surface area contributed by atoms with Crippen LogP contribution in [0.15, 0.2) is 65.8 Å². The second-order valence-corrected chi connectivity index (χ2v) is 7.26. The minimum Gasteiger partial charge on any atom is -0.327 e. The zero-order chi connectivity index (χ0) is 19.3. The van der Waals surface area contributed by atoms with Gasteiger partial charge in [-0.3, -0.25) is 9.59 Å². The number of nitrogens with one attached hydrogen (secondary N) is 1. The van der Waals surface area contributed by atoms with Gasteiger partial charge in [0, 0.05) is 12.0 Å². The van der Waals surface area contributed by atoms with Crippen LogP contribution < -0.4 is 4.90 Å². The lowest BCUT2D eigenvalue weighted by Crippen LogP contribution is -3.15. The fraction of sp³-hybridized carbons (Fsp3) is 0.318. The number of hydrogen-bond acceptors (Lipinski definition) is 3. The SMILES string of the molecule is O=C(c1ccccc1)N1CC[NH+](CC(=O)N2CCC(c3ccccc3)=N2)CC1. The molecule has 0 aromatic heterocycles. The van der Waals surface area contributed by atoms with Crippen LogP contribution >= 0.6 is 0 Å². The van der Waals surface area contributed by atoms with Gasteiger partial charge in [0.15, 0.2) is 6.54 Å². The molecule has 0 aliphatic carbocycles. The zero-order valence-electron chi connectivity index (χ0n) is 15.9. The molecular formula is C22H25N4O2+. The molecule has 1 N–H and O–H groups in total. The topological polar surface area (TPSA) is 57.4 Å². The molecule has 4 rings (SSSR count). The van der Waals surface area contributed by atoms with Crippen molar-refractivity contribution in [2.24, 2.45) is 5.10 Å². The fourth-order valence-corrected chi connectivity index (χ4v) is 3.74. The lowest BCUT2D eigenvalue weighted by molar-refractivity contribution is -0.896. The zero-order valence-corrected chi connectivity index (χ0v) is 15.9. The van der Waals surface area contributed by atoms with Crippen LogP contribution in [0.2, 0.25) is 0 Å². The molecule has 28 heavy (non-hydrogen) atoms. The quantitative estimate of drug-likeness (QED) is 0.851. The van der Waals surface area contributed by atoms with Gasteiger partial charge >= 0.3 is 0 Å². The van der Waals surface area contributed by atoms with E-state index in [0.29, 0.717) is 26.2 Å². The van der Waals surface area contributed by atoms with Crippen LogP contribution in [0.1, 0.15) is 22.3 Å². The number of hydrazone groups is 1. The summed E-state index contributed by atoms with van der Waals surface area (Å²) in [6.07, 6.45) is 0.796. The molecule has 2 heterocycles. The summed E-state index contributed by atoms with van der Waals surface area (Å²) in [5.41, 5.74) is 2.78. The summed E-state index contributed by atoms with van der Waals surface area (Å²) in [5, 5.41) is 6.14. The maximum atomic E-state index is 12.6. The van der Waals surface area contributed by atoms with E-state index in [1.54, 1.807) is 5.01 Å². The predicted molar refractivity (Wildman–Crippen MR) is 107 cm³/mol. The Bertz CT molecular complexity index is 859. The molecule has 1 saturated heterocycles. The number of hydrogen-bond donors (Lipinski definition) is 1. The van der Waals surface area contributed by atoms with Gasteiger partial charge < -0.3 is 9.80 Å². The predicted octanol–water partition coefficient (Wildman–Crippen LogP) is 0.664. The van der Waals surface area contributed by atoms with Crippen LogP contribution in [0.25, 0.3) is 0 Å². The summed E-state index contributed by atoms with van der Waals surface area (Å²) in [4.78, 5) is 28.3. The molecule has 2 aliphatic rings. The highest BCUT2D eigenvalue weighted by molar-refractivity contribution is 6.02. The number of carbonyl (C=O) groups is 2. The largest absolute Gasteiger partial charge is 0.327 e. The van der Waals surface area contributed by atoms with Gasteiger partial charge in [0.1, 0.15) is 0 Å². The summed E-state index contributed by atoms with van der Waals surface area (Å²) < 4.78 is 0. The van der Waals surface area contributed by atoms with Crippen LogP contribution in [-0.4, -0.2) is 66.7 Å². The van der Waals surface area contributed by atoms with Crippen molar-refractivity contribution in [2.75, 3.05) is 39.3 Å². The third-order valence-corrected chi connectivity index (χ3v) is 5.38. The molecule has 2 aromatic rings. The summed E-state index contributed by atoms with van der Waals surface area (Å²) in [5.74, 6) is 0.131. The fourth-order valence-electron chi connectivity index (χ4n) is 3.74. The average molecular weight is 377 g/mol. The summed E-state index contributed by atoms with van der Waals surface area (Å²) in [6, 6.07) is 19.4. The van der Waals surface area contributed by atoms with Gasteiger partial charge in [0.25, 0.3) is 11.8 Å². The summed E-state index contributed by atoms with van der Waals surface area (Å²) >= 11 is 0. The number of rotatable bonds is 4. The van der Waals surface area contributed by atoms with Gasteiger partial charge in [-0.15, -0.1) is 0 Å². The molecule has 6 nitrogen and oxygen atoms in total. The second kappa shape index (κ2) is 8.35. The molecule has 0 saturated carbocycles. The lowest BCUT2D eigenvalue weighted by Gasteiger charge is -2.32. The average Bonchev–Trinajstić information content (AvgIpc) is 3.26. The molecule has 1 fully saturated rings. The first kappa shape index (κ1) is 18.4. The van der Waals surface area contributed by atoms with E-state index in [1.807, 2.05) is 65.6 Å². The normalized spacial score (nSPS) is 17.5. The first-order valence-electron chi connectivity index (χ1n) is 9.82. The highest BCUT2D eigenvalue weighted by atomic mass is 16.2. The number of amides is 2. The molecule has 2 amide bonds. The molecular weight excluding hydrogens is 352 g/mol. The molecule has 144 valence electrons. The van der Waals surface area contributed by atoms with E-state index in [0.717, 1.165) is 36.3 Å². The van der Waals surface area contributed by atoms with Crippen LogP contribution in [0.4, 0.5) is 0 Å². The minimum absolute atomic E-state index is 0.0590. The Morgan fingerprint density at radius 1 is 0.893 bits per heavy atom. The van der Waals surface area contributed by atoms with Gasteiger partial charge in [0.05, 0.1) is 38.4 Å². The number of benzene rings is 2. The molecule has 0 radical (unpaired) electrons. The smallest absolute Gasteiger partial charge is 0.297 e. The molecule has 0 unspecified atom stereocenters. The Balaban J connectivity index is 1.29. The third-order valence-electron chi connectivity index (χ3n) is 5.38. The highest BCUT2D eigenvalue weighted by Gasteiger charge is 2.29. The number of nitrogens with zero attached hydrogens (tertiary/aromatic N) is 3. The van der Waals surface area contributed by atoms with Crippen LogP contribution in [0.5, 0.6) is 0 Å². The Hall–Kier alpha value is -2.99. The Kier molecular flexibility index (Phi) is 5.48. The van der Waals surface area contributed by atoms with Crippen molar-refractivity contribution in [1.82, 2.24) is 9.91 Å². The molecule has 0 spiro atoms. The van der Waals surface area contributed by atoms with Gasteiger partial charge in [-0.1, -0.05) is 48.5 Å². The first-order valence-corrected chi connectivity index (χ1v) is 9.82. The van der Waals surface area contributed by atoms with Crippen molar-refractivity contribution in [3.05, 3.63) is 71.8 Å². The van der Waals surface area contributed by atoms with Gasteiger partial charge in [0.2, 0.25) is 0 Å². The molecule has 2 aliphatic heterocycles. The third kappa shape index (κ3) is 4.12. The maximum Gasteiger partial charge on any atom is 0.297 e. The lowest BCUT2D eigenvalue weighted by atomic mass is 10.1. The van der Waals surface area contributed by atoms with Gasteiger partial charge in [-0.25, -0.2) is 5.01 Å². The van der Waals surface area contributed by atoms with Crippen LogP contribution in [0.3, 0.4) is 0 Å². The Morgan fingerprint density at radius 3 is 2.21 bits per heavy atom. The van der Waals surface area contributed by atoms with Crippen molar-refractivity contribution in [3.63, 3.8) is 0 Å². The van der Waals surface area contributed by atoms with Crippen molar-refractivity contribution in [1.29, 1.82) is 0 Å². The number of quaternary nitrogens is 1. The number of piperazine rings is 1. The van der Waals surface area contributed by atoms with E-state index in [9.17, 15) is 9.59 Å². The van der Waals surface area contributed by atoms with Crippen molar-refractivity contribution >= 4 is 17.5 Å². The highest BCUT2D eigenvalue weighted by Crippen LogP contribution is 2.13. The maximum absolute atomic E-state index is 12.6. The van der Waals surface area contributed by atoms with E-state index in [1.165, 1.54) is 4.90 Å². The standard InChI is InChI=1S/C22H24N4O2/c27-21(26-12-11-20(23-26)18-7-3-1-4-8-18)17-24-13-15-25(16-14-24)22(28)19-9-5-2-6-10-19/h1-10H,11-17H2/p+1. The van der Waals surface area contributed by atoms with Gasteiger partial charge in [-0.2, -0.15) is 5.10 Å². The molecule has 2 aromatic carbocycles. The van der Waals surface area contributed by atoms with Crippen molar-refractivity contribution in [3.8, 4) is 0 Å². The van der Waals surface area contributed by atoms with E-state index >= 15 is 0 Å². The molecule has 0 atom stereocenters.